The minimum atomic E-state index is -0.164. The van der Waals surface area contributed by atoms with Crippen LogP contribution < -0.4 is 5.32 Å². The molecule has 148 valence electrons. The SMILES string of the molecule is Cc1ccc(C(=O)Nc2sc3c(c2C(=O)N2CCOCC2)CC[C@H](C)C3)cc1. The summed E-state index contributed by atoms with van der Waals surface area (Å²) in [5.74, 6) is 0.468. The number of benzene rings is 1. The molecule has 1 aliphatic carbocycles. The molecule has 0 spiro atoms. The van der Waals surface area contributed by atoms with Crippen LogP contribution in [0.25, 0.3) is 0 Å². The lowest BCUT2D eigenvalue weighted by Gasteiger charge is -2.28. The van der Waals surface area contributed by atoms with Gasteiger partial charge in [-0.3, -0.25) is 9.59 Å². The number of nitrogens with zero attached hydrogens (tertiary/aromatic N) is 1. The molecule has 1 saturated heterocycles. The second-order valence-electron chi connectivity index (χ2n) is 7.78. The molecule has 2 aromatic rings. The summed E-state index contributed by atoms with van der Waals surface area (Å²) < 4.78 is 5.40. The van der Waals surface area contributed by atoms with Crippen LogP contribution in [-0.2, 0) is 17.6 Å². The molecule has 6 heteroatoms. The van der Waals surface area contributed by atoms with Crippen LogP contribution in [0.1, 0.15) is 50.1 Å². The molecule has 2 aliphatic rings. The number of anilines is 1. The molecule has 28 heavy (non-hydrogen) atoms. The lowest BCUT2D eigenvalue weighted by molar-refractivity contribution is 0.0303. The van der Waals surface area contributed by atoms with Gasteiger partial charge < -0.3 is 15.0 Å². The van der Waals surface area contributed by atoms with Gasteiger partial charge in [0.1, 0.15) is 5.00 Å². The molecule has 1 N–H and O–H groups in total. The van der Waals surface area contributed by atoms with Gasteiger partial charge in [0.15, 0.2) is 0 Å². The van der Waals surface area contributed by atoms with Crippen molar-refractivity contribution in [1.29, 1.82) is 0 Å². The average Bonchev–Trinajstić information content (AvgIpc) is 3.05. The minimum Gasteiger partial charge on any atom is -0.378 e. The van der Waals surface area contributed by atoms with E-state index in [1.54, 1.807) is 11.3 Å². The zero-order valence-corrected chi connectivity index (χ0v) is 17.2. The van der Waals surface area contributed by atoms with Gasteiger partial charge in [0.25, 0.3) is 11.8 Å². The van der Waals surface area contributed by atoms with Crippen LogP contribution in [-0.4, -0.2) is 43.0 Å². The number of thiophene rings is 1. The Bertz CT molecular complexity index is 882. The first kappa shape index (κ1) is 19.2. The van der Waals surface area contributed by atoms with Gasteiger partial charge in [0.05, 0.1) is 18.8 Å². The van der Waals surface area contributed by atoms with Crippen molar-refractivity contribution in [2.75, 3.05) is 31.6 Å². The lowest BCUT2D eigenvalue weighted by Crippen LogP contribution is -2.41. The van der Waals surface area contributed by atoms with Crippen molar-refractivity contribution < 1.29 is 14.3 Å². The summed E-state index contributed by atoms with van der Waals surface area (Å²) in [6.45, 7) is 6.59. The maximum absolute atomic E-state index is 13.3. The molecular formula is C22H26N2O3S. The van der Waals surface area contributed by atoms with E-state index in [1.165, 1.54) is 4.88 Å². The Morgan fingerprint density at radius 1 is 1.18 bits per heavy atom. The van der Waals surface area contributed by atoms with Crippen molar-refractivity contribution in [3.05, 3.63) is 51.4 Å². The third kappa shape index (κ3) is 3.84. The number of rotatable bonds is 3. The van der Waals surface area contributed by atoms with Crippen molar-refractivity contribution in [3.63, 3.8) is 0 Å². The molecule has 2 amide bonds. The summed E-state index contributed by atoms with van der Waals surface area (Å²) >= 11 is 1.57. The Labute approximate surface area is 169 Å². The first-order valence-electron chi connectivity index (χ1n) is 9.92. The van der Waals surface area contributed by atoms with Crippen molar-refractivity contribution in [2.24, 2.45) is 5.92 Å². The van der Waals surface area contributed by atoms with E-state index >= 15 is 0 Å². The van der Waals surface area contributed by atoms with E-state index in [1.807, 2.05) is 36.1 Å². The molecular weight excluding hydrogens is 372 g/mol. The Hall–Kier alpha value is -2.18. The molecule has 0 unspecified atom stereocenters. The number of morpholine rings is 1. The van der Waals surface area contributed by atoms with Gasteiger partial charge in [0.2, 0.25) is 0 Å². The third-order valence-corrected chi connectivity index (χ3v) is 6.73. The summed E-state index contributed by atoms with van der Waals surface area (Å²) in [6, 6.07) is 7.50. The molecule has 5 nitrogen and oxygen atoms in total. The van der Waals surface area contributed by atoms with E-state index in [0.29, 0.717) is 48.3 Å². The van der Waals surface area contributed by atoms with Crippen molar-refractivity contribution in [3.8, 4) is 0 Å². The van der Waals surface area contributed by atoms with Gasteiger partial charge in [-0.15, -0.1) is 11.3 Å². The summed E-state index contributed by atoms with van der Waals surface area (Å²) in [6.07, 6.45) is 2.96. The highest BCUT2D eigenvalue weighted by molar-refractivity contribution is 7.17. The molecule has 1 fully saturated rings. The predicted molar refractivity (Wildman–Crippen MR) is 111 cm³/mol. The molecule has 0 bridgehead atoms. The van der Waals surface area contributed by atoms with E-state index in [2.05, 4.69) is 12.2 Å². The fourth-order valence-corrected chi connectivity index (χ4v) is 5.27. The second kappa shape index (κ2) is 8.05. The fourth-order valence-electron chi connectivity index (χ4n) is 3.87. The zero-order chi connectivity index (χ0) is 19.7. The van der Waals surface area contributed by atoms with E-state index in [0.717, 1.165) is 30.4 Å². The Morgan fingerprint density at radius 2 is 1.89 bits per heavy atom. The monoisotopic (exact) mass is 398 g/mol. The molecule has 4 rings (SSSR count). The quantitative estimate of drug-likeness (QED) is 0.853. The highest BCUT2D eigenvalue weighted by atomic mass is 32.1. The first-order valence-corrected chi connectivity index (χ1v) is 10.7. The standard InChI is InChI=1S/C22H26N2O3S/c1-14-3-6-16(7-4-14)20(25)23-21-19(22(26)24-9-11-27-12-10-24)17-8-5-15(2)13-18(17)28-21/h3-4,6-7,15H,5,8-13H2,1-2H3,(H,23,25)/t15-/m0/s1. The van der Waals surface area contributed by atoms with Gasteiger partial charge in [-0.2, -0.15) is 0 Å². The van der Waals surface area contributed by atoms with Gasteiger partial charge in [0, 0.05) is 23.5 Å². The normalized spacial score (nSPS) is 19.2. The summed E-state index contributed by atoms with van der Waals surface area (Å²) in [4.78, 5) is 29.2. The number of hydrogen-bond donors (Lipinski definition) is 1. The minimum absolute atomic E-state index is 0.0227. The van der Waals surface area contributed by atoms with Gasteiger partial charge in [-0.25, -0.2) is 0 Å². The molecule has 2 heterocycles. The van der Waals surface area contributed by atoms with Crippen LogP contribution >= 0.6 is 11.3 Å². The maximum Gasteiger partial charge on any atom is 0.257 e. The molecule has 0 saturated carbocycles. The van der Waals surface area contributed by atoms with Crippen LogP contribution in [0.4, 0.5) is 5.00 Å². The summed E-state index contributed by atoms with van der Waals surface area (Å²) in [5.41, 5.74) is 3.56. The molecule has 1 aromatic heterocycles. The van der Waals surface area contributed by atoms with E-state index in [9.17, 15) is 9.59 Å². The summed E-state index contributed by atoms with van der Waals surface area (Å²) in [5, 5.41) is 3.73. The Balaban J connectivity index is 1.66. The Kier molecular flexibility index (Phi) is 5.51. The lowest BCUT2D eigenvalue weighted by atomic mass is 9.88. The van der Waals surface area contributed by atoms with Crippen molar-refractivity contribution in [1.82, 2.24) is 4.90 Å². The maximum atomic E-state index is 13.3. The fraction of sp³-hybridized carbons (Fsp3) is 0.455. The van der Waals surface area contributed by atoms with Crippen molar-refractivity contribution in [2.45, 2.75) is 33.1 Å². The van der Waals surface area contributed by atoms with Gasteiger partial charge >= 0.3 is 0 Å². The first-order chi connectivity index (χ1) is 13.5. The molecule has 1 atom stereocenters. The predicted octanol–water partition coefficient (Wildman–Crippen LogP) is 3.91. The average molecular weight is 399 g/mol. The molecule has 1 aromatic carbocycles. The van der Waals surface area contributed by atoms with Crippen molar-refractivity contribution >= 4 is 28.2 Å². The third-order valence-electron chi connectivity index (χ3n) is 5.56. The number of nitrogens with one attached hydrogen (secondary N) is 1. The largest absolute Gasteiger partial charge is 0.378 e. The van der Waals surface area contributed by atoms with E-state index < -0.39 is 0 Å². The van der Waals surface area contributed by atoms with Crippen LogP contribution in [0.3, 0.4) is 0 Å². The second-order valence-corrected chi connectivity index (χ2v) is 8.89. The number of ether oxygens (including phenoxy) is 1. The zero-order valence-electron chi connectivity index (χ0n) is 16.4. The van der Waals surface area contributed by atoms with Crippen LogP contribution in [0.2, 0.25) is 0 Å². The van der Waals surface area contributed by atoms with Crippen LogP contribution in [0.5, 0.6) is 0 Å². The number of hydrogen-bond acceptors (Lipinski definition) is 4. The van der Waals surface area contributed by atoms with Gasteiger partial charge in [-0.05, 0) is 49.8 Å². The number of carbonyl (C=O) groups excluding carboxylic acids is 2. The van der Waals surface area contributed by atoms with Crippen LogP contribution in [0.15, 0.2) is 24.3 Å². The van der Waals surface area contributed by atoms with E-state index in [-0.39, 0.29) is 11.8 Å². The van der Waals surface area contributed by atoms with Crippen LogP contribution in [0, 0.1) is 12.8 Å². The van der Waals surface area contributed by atoms with Gasteiger partial charge in [-0.1, -0.05) is 24.6 Å². The summed E-state index contributed by atoms with van der Waals surface area (Å²) in [7, 11) is 0. The number of aryl methyl sites for hydroxylation is 1. The highest BCUT2D eigenvalue weighted by Gasteiger charge is 2.31. The highest BCUT2D eigenvalue weighted by Crippen LogP contribution is 2.40. The molecule has 0 radical (unpaired) electrons. The number of fused-ring (bicyclic) bond motifs is 1. The molecule has 1 aliphatic heterocycles. The number of amides is 2. The smallest absolute Gasteiger partial charge is 0.257 e. The van der Waals surface area contributed by atoms with E-state index in [4.69, 9.17) is 4.74 Å². The topological polar surface area (TPSA) is 58.6 Å². The number of carbonyl (C=O) groups is 2. The Morgan fingerprint density at radius 3 is 2.61 bits per heavy atom.